The van der Waals surface area contributed by atoms with E-state index in [0.29, 0.717) is 48.1 Å². The Kier molecular flexibility index (Phi) is 7.57. The van der Waals surface area contributed by atoms with Crippen molar-refractivity contribution in [3.63, 3.8) is 0 Å². The summed E-state index contributed by atoms with van der Waals surface area (Å²) in [5.41, 5.74) is 5.07. The van der Waals surface area contributed by atoms with Crippen LogP contribution in [0.2, 0.25) is 0 Å². The van der Waals surface area contributed by atoms with E-state index in [9.17, 15) is 9.90 Å². The van der Waals surface area contributed by atoms with Crippen LogP contribution >= 0.6 is 0 Å². The van der Waals surface area contributed by atoms with Crippen LogP contribution < -0.4 is 10.1 Å². The number of methoxy groups -OCH3 is 1. The van der Waals surface area contributed by atoms with Gasteiger partial charge in [-0.3, -0.25) is 14.7 Å². The Morgan fingerprint density at radius 1 is 1.10 bits per heavy atom. The number of benzene rings is 2. The number of pyridine rings is 2. The first-order chi connectivity index (χ1) is 20.1. The lowest BCUT2D eigenvalue weighted by Gasteiger charge is -2.34. The number of morpholine rings is 1. The minimum Gasteiger partial charge on any atom is -0.507 e. The van der Waals surface area contributed by atoms with Crippen LogP contribution in [0.3, 0.4) is 0 Å². The van der Waals surface area contributed by atoms with Gasteiger partial charge in [0, 0.05) is 49.4 Å². The molecule has 0 saturated carbocycles. The third-order valence-electron chi connectivity index (χ3n) is 7.28. The number of phenols is 1. The molecule has 1 aliphatic rings. The molecular formula is C31H30N6O4. The molecule has 0 aliphatic carbocycles. The van der Waals surface area contributed by atoms with Crippen molar-refractivity contribution >= 4 is 16.9 Å². The maximum atomic E-state index is 13.2. The van der Waals surface area contributed by atoms with Crippen LogP contribution in [-0.4, -0.2) is 75.8 Å². The van der Waals surface area contributed by atoms with Gasteiger partial charge in [-0.1, -0.05) is 12.1 Å². The maximum absolute atomic E-state index is 13.2. The van der Waals surface area contributed by atoms with Crippen molar-refractivity contribution in [3.8, 4) is 34.1 Å². The second-order valence-corrected chi connectivity index (χ2v) is 9.77. The number of hydrogen-bond acceptors (Lipinski definition) is 8. The van der Waals surface area contributed by atoms with Crippen molar-refractivity contribution in [2.24, 2.45) is 0 Å². The highest BCUT2D eigenvalue weighted by Crippen LogP contribution is 2.35. The molecule has 5 aromatic rings. The number of carbonyl (C=O) groups is 1. The molecule has 1 saturated heterocycles. The first-order valence-electron chi connectivity index (χ1n) is 13.4. The molecule has 10 heteroatoms. The standard InChI is InChI=1S/C31H30N6O4/c1-40-31-23(5-3-11-33-31)20-7-9-28(38)24(16-20)29-35-25-8-6-21(17-26(25)36-29)30(39)34-19-27(22-4-2-10-32-18-22)37-12-14-41-15-13-37/h2-11,16-18,27,38H,12-15,19H2,1H3,(H,34,39)(H,35,36). The smallest absolute Gasteiger partial charge is 0.251 e. The summed E-state index contributed by atoms with van der Waals surface area (Å²) in [4.78, 5) is 32.1. The van der Waals surface area contributed by atoms with Crippen molar-refractivity contribution in [2.75, 3.05) is 40.0 Å². The second-order valence-electron chi connectivity index (χ2n) is 9.77. The molecule has 1 unspecified atom stereocenters. The number of rotatable bonds is 8. The number of carbonyl (C=O) groups excluding carboxylic acids is 1. The summed E-state index contributed by atoms with van der Waals surface area (Å²) in [5, 5.41) is 13.8. The van der Waals surface area contributed by atoms with E-state index >= 15 is 0 Å². The van der Waals surface area contributed by atoms with Crippen molar-refractivity contribution in [1.29, 1.82) is 0 Å². The Hall–Kier alpha value is -4.80. The van der Waals surface area contributed by atoms with Crippen molar-refractivity contribution in [2.45, 2.75) is 6.04 Å². The largest absolute Gasteiger partial charge is 0.507 e. The Bertz CT molecular complexity index is 1670. The van der Waals surface area contributed by atoms with E-state index < -0.39 is 0 Å². The van der Waals surface area contributed by atoms with Crippen molar-refractivity contribution in [3.05, 3.63) is 90.4 Å². The number of aromatic nitrogens is 4. The number of aromatic amines is 1. The van der Waals surface area contributed by atoms with Gasteiger partial charge < -0.3 is 24.9 Å². The minimum atomic E-state index is -0.188. The molecule has 3 N–H and O–H groups in total. The molecule has 41 heavy (non-hydrogen) atoms. The SMILES string of the molecule is COc1ncccc1-c1ccc(O)c(-c2nc3cc(C(=O)NCC(c4cccnc4)N4CCOCC4)ccc3[nH]2)c1. The summed E-state index contributed by atoms with van der Waals surface area (Å²) in [7, 11) is 1.57. The lowest BCUT2D eigenvalue weighted by atomic mass is 10.0. The van der Waals surface area contributed by atoms with Gasteiger partial charge in [-0.2, -0.15) is 0 Å². The summed E-state index contributed by atoms with van der Waals surface area (Å²) < 4.78 is 10.9. The zero-order valence-corrected chi connectivity index (χ0v) is 22.6. The average molecular weight is 551 g/mol. The van der Waals surface area contributed by atoms with E-state index in [4.69, 9.17) is 14.5 Å². The van der Waals surface area contributed by atoms with Gasteiger partial charge in [0.2, 0.25) is 5.88 Å². The third kappa shape index (κ3) is 5.60. The minimum absolute atomic E-state index is 0.00837. The zero-order valence-electron chi connectivity index (χ0n) is 22.6. The molecule has 2 aromatic carbocycles. The van der Waals surface area contributed by atoms with E-state index in [2.05, 4.69) is 25.2 Å². The lowest BCUT2D eigenvalue weighted by Crippen LogP contribution is -2.43. The fourth-order valence-corrected chi connectivity index (χ4v) is 5.15. The number of H-pyrrole nitrogens is 1. The van der Waals surface area contributed by atoms with Gasteiger partial charge in [-0.25, -0.2) is 9.97 Å². The number of fused-ring (bicyclic) bond motifs is 1. The van der Waals surface area contributed by atoms with Crippen LogP contribution in [0.4, 0.5) is 0 Å². The van der Waals surface area contributed by atoms with Crippen molar-refractivity contribution in [1.82, 2.24) is 30.2 Å². The van der Waals surface area contributed by atoms with E-state index in [1.165, 1.54) is 0 Å². The number of imidazole rings is 1. The molecule has 1 aliphatic heterocycles. The van der Waals surface area contributed by atoms with Crippen LogP contribution in [0.25, 0.3) is 33.5 Å². The van der Waals surface area contributed by atoms with Gasteiger partial charge in [0.05, 0.1) is 43.0 Å². The summed E-state index contributed by atoms with van der Waals surface area (Å²) >= 11 is 0. The second kappa shape index (κ2) is 11.7. The van der Waals surface area contributed by atoms with Crippen LogP contribution in [0.1, 0.15) is 22.0 Å². The fraction of sp³-hybridized carbons (Fsp3) is 0.226. The first-order valence-corrected chi connectivity index (χ1v) is 13.4. The average Bonchev–Trinajstić information content (AvgIpc) is 3.46. The van der Waals surface area contributed by atoms with Crippen LogP contribution in [0.15, 0.2) is 79.3 Å². The third-order valence-corrected chi connectivity index (χ3v) is 7.28. The Balaban J connectivity index is 1.23. The quantitative estimate of drug-likeness (QED) is 0.263. The van der Waals surface area contributed by atoms with E-state index in [1.807, 2.05) is 42.6 Å². The molecule has 0 spiro atoms. The number of amides is 1. The van der Waals surface area contributed by atoms with Gasteiger partial charge >= 0.3 is 0 Å². The number of phenolic OH excluding ortho intramolecular Hbond substituents is 1. The van der Waals surface area contributed by atoms with Gasteiger partial charge in [0.25, 0.3) is 5.91 Å². The Morgan fingerprint density at radius 2 is 1.95 bits per heavy atom. The van der Waals surface area contributed by atoms with Gasteiger partial charge in [-0.15, -0.1) is 0 Å². The highest BCUT2D eigenvalue weighted by Gasteiger charge is 2.24. The first kappa shape index (κ1) is 26.4. The van der Waals surface area contributed by atoms with Crippen LogP contribution in [-0.2, 0) is 4.74 Å². The number of aromatic hydroxyl groups is 1. The topological polar surface area (TPSA) is 125 Å². The molecule has 1 atom stereocenters. The zero-order chi connectivity index (χ0) is 28.2. The summed E-state index contributed by atoms with van der Waals surface area (Å²) in [6.07, 6.45) is 5.26. The molecule has 0 radical (unpaired) electrons. The molecule has 10 nitrogen and oxygen atoms in total. The Labute approximate surface area is 237 Å². The highest BCUT2D eigenvalue weighted by atomic mass is 16.5. The molecule has 3 aromatic heterocycles. The molecule has 6 rings (SSSR count). The van der Waals surface area contributed by atoms with E-state index in [-0.39, 0.29) is 17.7 Å². The van der Waals surface area contributed by atoms with Gasteiger partial charge in [-0.05, 0) is 59.7 Å². The predicted molar refractivity (Wildman–Crippen MR) is 155 cm³/mol. The fourth-order valence-electron chi connectivity index (χ4n) is 5.15. The number of hydrogen-bond donors (Lipinski definition) is 3. The normalized spacial score (nSPS) is 14.6. The molecular weight excluding hydrogens is 520 g/mol. The van der Waals surface area contributed by atoms with E-state index in [0.717, 1.165) is 35.3 Å². The van der Waals surface area contributed by atoms with Crippen LogP contribution in [0, 0.1) is 0 Å². The molecule has 1 amide bonds. The molecule has 4 heterocycles. The highest BCUT2D eigenvalue weighted by molar-refractivity contribution is 5.97. The van der Waals surface area contributed by atoms with Crippen LogP contribution in [0.5, 0.6) is 11.6 Å². The van der Waals surface area contributed by atoms with E-state index in [1.54, 1.807) is 43.8 Å². The molecule has 208 valence electrons. The van der Waals surface area contributed by atoms with Gasteiger partial charge in [0.1, 0.15) is 11.6 Å². The summed E-state index contributed by atoms with van der Waals surface area (Å²) in [5.74, 6) is 0.873. The molecule has 0 bridgehead atoms. The van der Waals surface area contributed by atoms with Gasteiger partial charge in [0.15, 0.2) is 0 Å². The molecule has 1 fully saturated rings. The number of nitrogens with zero attached hydrogens (tertiary/aromatic N) is 4. The predicted octanol–water partition coefficient (Wildman–Crippen LogP) is 4.20. The number of ether oxygens (including phenoxy) is 2. The monoisotopic (exact) mass is 550 g/mol. The maximum Gasteiger partial charge on any atom is 0.251 e. The number of nitrogens with one attached hydrogen (secondary N) is 2. The lowest BCUT2D eigenvalue weighted by molar-refractivity contribution is 0.0161. The Morgan fingerprint density at radius 3 is 2.76 bits per heavy atom. The summed E-state index contributed by atoms with van der Waals surface area (Å²) in [6, 6.07) is 18.3. The summed E-state index contributed by atoms with van der Waals surface area (Å²) in [6.45, 7) is 3.35. The van der Waals surface area contributed by atoms with Crippen molar-refractivity contribution < 1.29 is 19.4 Å².